The fraction of sp³-hybridized carbons (Fsp3) is 0.462. The van der Waals surface area contributed by atoms with E-state index in [1.165, 1.54) is 0 Å². The lowest BCUT2D eigenvalue weighted by atomic mass is 10.1. The van der Waals surface area contributed by atoms with Crippen molar-refractivity contribution in [3.63, 3.8) is 0 Å². The molecule has 0 aliphatic heterocycles. The summed E-state index contributed by atoms with van der Waals surface area (Å²) in [6.07, 6.45) is 1.93. The molecule has 100 valence electrons. The summed E-state index contributed by atoms with van der Waals surface area (Å²) >= 11 is 6.09. The van der Waals surface area contributed by atoms with Gasteiger partial charge in [0.05, 0.1) is 11.6 Å². The van der Waals surface area contributed by atoms with Gasteiger partial charge < -0.3 is 15.8 Å². The largest absolute Gasteiger partial charge is 0.492 e. The van der Waals surface area contributed by atoms with Crippen molar-refractivity contribution in [1.29, 1.82) is 0 Å². The molecule has 1 aromatic carbocycles. The highest BCUT2D eigenvalue weighted by molar-refractivity contribution is 6.32. The molecule has 0 fully saturated rings. The highest BCUT2D eigenvalue weighted by atomic mass is 35.5. The van der Waals surface area contributed by atoms with Gasteiger partial charge in [-0.2, -0.15) is 0 Å². The number of ether oxygens (including phenoxy) is 1. The number of hydrogen-bond acceptors (Lipinski definition) is 3. The van der Waals surface area contributed by atoms with Gasteiger partial charge in [-0.05, 0) is 37.1 Å². The third-order valence-corrected chi connectivity index (χ3v) is 2.81. The number of carbonyl (C=O) groups excluding carboxylic acids is 1. The maximum absolute atomic E-state index is 11.0. The van der Waals surface area contributed by atoms with E-state index in [1.807, 2.05) is 18.2 Å². The van der Waals surface area contributed by atoms with E-state index < -0.39 is 0 Å². The summed E-state index contributed by atoms with van der Waals surface area (Å²) in [5.74, 6) is 0.664. The van der Waals surface area contributed by atoms with Crippen LogP contribution in [0, 0.1) is 0 Å². The van der Waals surface area contributed by atoms with Crippen LogP contribution in [0.5, 0.6) is 5.75 Å². The highest BCUT2D eigenvalue weighted by Gasteiger charge is 2.04. The fourth-order valence-electron chi connectivity index (χ4n) is 1.52. The second-order valence-electron chi connectivity index (χ2n) is 3.93. The summed E-state index contributed by atoms with van der Waals surface area (Å²) in [6.45, 7) is 1.08. The molecule has 0 heterocycles. The Kier molecular flexibility index (Phi) is 6.54. The number of nitrogens with two attached hydrogens (primary N) is 1. The quantitative estimate of drug-likeness (QED) is 0.742. The first-order valence-electron chi connectivity index (χ1n) is 5.99. The van der Waals surface area contributed by atoms with Crippen molar-refractivity contribution in [2.45, 2.75) is 19.3 Å². The number of amides is 1. The van der Waals surface area contributed by atoms with Crippen LogP contribution in [0.4, 0.5) is 0 Å². The zero-order valence-corrected chi connectivity index (χ0v) is 11.3. The molecular weight excluding hydrogens is 252 g/mol. The number of nitrogens with one attached hydrogen (secondary N) is 1. The van der Waals surface area contributed by atoms with E-state index >= 15 is 0 Å². The van der Waals surface area contributed by atoms with Gasteiger partial charge in [-0.25, -0.2) is 0 Å². The van der Waals surface area contributed by atoms with E-state index in [4.69, 9.17) is 22.1 Å². The number of hydrogen-bond donors (Lipinski definition) is 2. The molecule has 5 heteroatoms. The van der Waals surface area contributed by atoms with Crippen LogP contribution >= 0.6 is 11.6 Å². The van der Waals surface area contributed by atoms with Crippen LogP contribution in [0.2, 0.25) is 5.02 Å². The number of rotatable bonds is 7. The molecule has 1 aromatic rings. The van der Waals surface area contributed by atoms with Crippen molar-refractivity contribution in [2.24, 2.45) is 5.73 Å². The van der Waals surface area contributed by atoms with Gasteiger partial charge in [0.1, 0.15) is 5.75 Å². The lowest BCUT2D eigenvalue weighted by Crippen LogP contribution is -2.18. The molecule has 18 heavy (non-hydrogen) atoms. The Hall–Kier alpha value is -1.26. The Morgan fingerprint density at radius 3 is 2.89 bits per heavy atom. The van der Waals surface area contributed by atoms with Crippen molar-refractivity contribution in [3.8, 4) is 5.75 Å². The third kappa shape index (κ3) is 4.94. The normalized spacial score (nSPS) is 10.2. The molecule has 0 unspecified atom stereocenters. The number of benzene rings is 1. The van der Waals surface area contributed by atoms with E-state index in [9.17, 15) is 4.79 Å². The first kappa shape index (κ1) is 14.8. The maximum atomic E-state index is 11.0. The first-order valence-corrected chi connectivity index (χ1v) is 6.37. The van der Waals surface area contributed by atoms with Crippen molar-refractivity contribution >= 4 is 17.5 Å². The molecule has 0 aromatic heterocycles. The van der Waals surface area contributed by atoms with Crippen molar-refractivity contribution in [1.82, 2.24) is 5.32 Å². The number of halogens is 1. The first-order chi connectivity index (χ1) is 8.67. The summed E-state index contributed by atoms with van der Waals surface area (Å²) in [6, 6.07) is 5.66. The van der Waals surface area contributed by atoms with Crippen LogP contribution < -0.4 is 15.8 Å². The number of carbonyl (C=O) groups is 1. The molecule has 0 spiro atoms. The minimum atomic E-state index is 0.0167. The maximum Gasteiger partial charge on any atom is 0.219 e. The van der Waals surface area contributed by atoms with Gasteiger partial charge in [0.2, 0.25) is 5.91 Å². The molecule has 0 saturated heterocycles. The minimum absolute atomic E-state index is 0.0167. The van der Waals surface area contributed by atoms with Crippen molar-refractivity contribution < 1.29 is 9.53 Å². The molecule has 1 amide bonds. The molecule has 0 bridgehead atoms. The third-order valence-electron chi connectivity index (χ3n) is 2.51. The van der Waals surface area contributed by atoms with Gasteiger partial charge >= 0.3 is 0 Å². The summed E-state index contributed by atoms with van der Waals surface area (Å²) in [5, 5.41) is 3.15. The SMILES string of the molecule is CNC(=O)CCCOc1ccc(CCN)cc1Cl. The summed E-state index contributed by atoms with van der Waals surface area (Å²) in [4.78, 5) is 11.0. The Balaban J connectivity index is 2.40. The Morgan fingerprint density at radius 1 is 1.50 bits per heavy atom. The summed E-state index contributed by atoms with van der Waals surface area (Å²) in [5.41, 5.74) is 6.57. The Morgan fingerprint density at radius 2 is 2.28 bits per heavy atom. The fourth-order valence-corrected chi connectivity index (χ4v) is 1.78. The predicted molar refractivity (Wildman–Crippen MR) is 73.0 cm³/mol. The van der Waals surface area contributed by atoms with Crippen LogP contribution in [0.3, 0.4) is 0 Å². The molecule has 3 N–H and O–H groups in total. The van der Waals surface area contributed by atoms with Crippen molar-refractivity contribution in [3.05, 3.63) is 28.8 Å². The van der Waals surface area contributed by atoms with Crippen molar-refractivity contribution in [2.75, 3.05) is 20.2 Å². The molecule has 4 nitrogen and oxygen atoms in total. The Labute approximate surface area is 112 Å². The predicted octanol–water partition coefficient (Wildman–Crippen LogP) is 1.75. The summed E-state index contributed by atoms with van der Waals surface area (Å²) < 4.78 is 5.52. The summed E-state index contributed by atoms with van der Waals surface area (Å²) in [7, 11) is 1.62. The van der Waals surface area contributed by atoms with Crippen LogP contribution in [0.15, 0.2) is 18.2 Å². The lowest BCUT2D eigenvalue weighted by molar-refractivity contribution is -0.120. The minimum Gasteiger partial charge on any atom is -0.492 e. The topological polar surface area (TPSA) is 64.3 Å². The average Bonchev–Trinajstić information content (AvgIpc) is 2.36. The Bertz CT molecular complexity index is 397. The smallest absolute Gasteiger partial charge is 0.219 e. The molecule has 0 aliphatic carbocycles. The molecule has 0 saturated carbocycles. The van der Waals surface area contributed by atoms with E-state index in [0.717, 1.165) is 12.0 Å². The van der Waals surface area contributed by atoms with E-state index in [2.05, 4.69) is 5.32 Å². The second kappa shape index (κ2) is 7.95. The van der Waals surface area contributed by atoms with Gasteiger partial charge in [0, 0.05) is 13.5 Å². The molecule has 1 rings (SSSR count). The van der Waals surface area contributed by atoms with Crippen LogP contribution in [0.25, 0.3) is 0 Å². The average molecular weight is 271 g/mol. The molecule has 0 atom stereocenters. The highest BCUT2D eigenvalue weighted by Crippen LogP contribution is 2.25. The van der Waals surface area contributed by atoms with Crippen LogP contribution in [-0.2, 0) is 11.2 Å². The van der Waals surface area contributed by atoms with E-state index in [0.29, 0.717) is 36.8 Å². The van der Waals surface area contributed by atoms with E-state index in [-0.39, 0.29) is 5.91 Å². The zero-order chi connectivity index (χ0) is 13.4. The van der Waals surface area contributed by atoms with Gasteiger partial charge in [-0.15, -0.1) is 0 Å². The molecular formula is C13H19ClN2O2. The van der Waals surface area contributed by atoms with Gasteiger partial charge in [-0.3, -0.25) is 4.79 Å². The second-order valence-corrected chi connectivity index (χ2v) is 4.34. The zero-order valence-electron chi connectivity index (χ0n) is 10.5. The molecule has 0 aliphatic rings. The standard InChI is InChI=1S/C13H19ClN2O2/c1-16-13(17)3-2-8-18-12-5-4-10(6-7-15)9-11(12)14/h4-5,9H,2-3,6-8,15H2,1H3,(H,16,17). The lowest BCUT2D eigenvalue weighted by Gasteiger charge is -2.09. The van der Waals surface area contributed by atoms with Gasteiger partial charge in [-0.1, -0.05) is 17.7 Å². The monoisotopic (exact) mass is 270 g/mol. The molecule has 0 radical (unpaired) electrons. The van der Waals surface area contributed by atoms with E-state index in [1.54, 1.807) is 7.05 Å². The van der Waals surface area contributed by atoms with Gasteiger partial charge in [0.25, 0.3) is 0 Å². The van der Waals surface area contributed by atoms with Crippen LogP contribution in [0.1, 0.15) is 18.4 Å². The van der Waals surface area contributed by atoms with Gasteiger partial charge in [0.15, 0.2) is 0 Å². The van der Waals surface area contributed by atoms with Crippen LogP contribution in [-0.4, -0.2) is 26.1 Å².